The molecule has 5 rings (SSSR count). The standard InChI is InChI=1S/C26H20ClN3O4/c1-34-21-11-16(8-9-19(21)27)24(31)22-23(18-13-29-20-7-3-2-6-17(18)20)30(26(33)25(22)32)14-15-5-4-10-28-12-15/h2-13,23,29,31H,14H2,1H3/b24-22+. The molecule has 3 heterocycles. The zero-order valence-corrected chi connectivity index (χ0v) is 18.9. The number of likely N-dealkylation sites (tertiary alicyclic amines) is 1. The van der Waals surface area contributed by atoms with Crippen LogP contribution in [0.25, 0.3) is 16.7 Å². The number of hydrogen-bond donors (Lipinski definition) is 2. The lowest BCUT2D eigenvalue weighted by molar-refractivity contribution is -0.140. The number of ether oxygens (including phenoxy) is 1. The molecule has 0 bridgehead atoms. The Labute approximate surface area is 200 Å². The zero-order chi connectivity index (χ0) is 23.8. The van der Waals surface area contributed by atoms with Gasteiger partial charge in [-0.15, -0.1) is 0 Å². The molecule has 7 nitrogen and oxygen atoms in total. The van der Waals surface area contributed by atoms with E-state index >= 15 is 0 Å². The number of amides is 1. The Kier molecular flexibility index (Phi) is 5.55. The van der Waals surface area contributed by atoms with Crippen LogP contribution in [0.2, 0.25) is 5.02 Å². The number of ketones is 1. The highest BCUT2D eigenvalue weighted by atomic mass is 35.5. The lowest BCUT2D eigenvalue weighted by Crippen LogP contribution is -2.29. The number of benzene rings is 2. The second-order valence-electron chi connectivity index (χ2n) is 7.93. The van der Waals surface area contributed by atoms with Gasteiger partial charge in [0.15, 0.2) is 0 Å². The van der Waals surface area contributed by atoms with E-state index in [4.69, 9.17) is 16.3 Å². The smallest absolute Gasteiger partial charge is 0.295 e. The second-order valence-corrected chi connectivity index (χ2v) is 8.33. The minimum atomic E-state index is -0.807. The number of aliphatic hydroxyl groups excluding tert-OH is 1. The van der Waals surface area contributed by atoms with Gasteiger partial charge in [0.25, 0.3) is 11.7 Å². The first-order chi connectivity index (χ1) is 16.5. The highest BCUT2D eigenvalue weighted by Gasteiger charge is 2.46. The van der Waals surface area contributed by atoms with Crippen LogP contribution in [0.3, 0.4) is 0 Å². The molecule has 2 aromatic carbocycles. The minimum Gasteiger partial charge on any atom is -0.507 e. The van der Waals surface area contributed by atoms with Crippen LogP contribution in [0.5, 0.6) is 5.75 Å². The van der Waals surface area contributed by atoms with Crippen LogP contribution in [0, 0.1) is 0 Å². The van der Waals surface area contributed by atoms with Crippen LogP contribution in [-0.2, 0) is 16.1 Å². The van der Waals surface area contributed by atoms with Gasteiger partial charge < -0.3 is 19.7 Å². The summed E-state index contributed by atoms with van der Waals surface area (Å²) in [5.41, 5.74) is 2.66. The lowest BCUT2D eigenvalue weighted by atomic mass is 9.94. The first-order valence-electron chi connectivity index (χ1n) is 10.6. The molecular weight excluding hydrogens is 454 g/mol. The van der Waals surface area contributed by atoms with Crippen molar-refractivity contribution in [1.29, 1.82) is 0 Å². The van der Waals surface area contributed by atoms with Crippen molar-refractivity contribution in [1.82, 2.24) is 14.9 Å². The van der Waals surface area contributed by atoms with E-state index in [-0.39, 0.29) is 17.9 Å². The molecule has 1 unspecified atom stereocenters. The number of fused-ring (bicyclic) bond motifs is 1. The fourth-order valence-corrected chi connectivity index (χ4v) is 4.53. The van der Waals surface area contributed by atoms with Crippen molar-refractivity contribution < 1.29 is 19.4 Å². The fraction of sp³-hybridized carbons (Fsp3) is 0.115. The second kappa shape index (κ2) is 8.68. The number of hydrogen-bond acceptors (Lipinski definition) is 5. The number of nitrogens with zero attached hydrogens (tertiary/aromatic N) is 2. The van der Waals surface area contributed by atoms with Crippen LogP contribution in [0.4, 0.5) is 0 Å². The van der Waals surface area contributed by atoms with Crippen LogP contribution < -0.4 is 4.74 Å². The molecular formula is C26H20ClN3O4. The molecule has 1 fully saturated rings. The normalized spacial score (nSPS) is 17.5. The Morgan fingerprint density at radius 1 is 1.18 bits per heavy atom. The van der Waals surface area contributed by atoms with Gasteiger partial charge >= 0.3 is 0 Å². The first kappa shape index (κ1) is 21.7. The summed E-state index contributed by atoms with van der Waals surface area (Å²) in [7, 11) is 1.46. The van der Waals surface area contributed by atoms with Gasteiger partial charge in [0.2, 0.25) is 0 Å². The Bertz CT molecular complexity index is 1440. The summed E-state index contributed by atoms with van der Waals surface area (Å²) in [5.74, 6) is -1.40. The van der Waals surface area contributed by atoms with E-state index in [1.165, 1.54) is 12.0 Å². The summed E-state index contributed by atoms with van der Waals surface area (Å²) in [6.07, 6.45) is 5.06. The third kappa shape index (κ3) is 3.60. The average Bonchev–Trinajstić information content (AvgIpc) is 3.39. The van der Waals surface area contributed by atoms with E-state index < -0.39 is 17.7 Å². The maximum absolute atomic E-state index is 13.3. The third-order valence-electron chi connectivity index (χ3n) is 5.96. The topological polar surface area (TPSA) is 95.5 Å². The van der Waals surface area contributed by atoms with Crippen molar-refractivity contribution in [3.05, 3.63) is 100 Å². The van der Waals surface area contributed by atoms with E-state index in [0.29, 0.717) is 21.9 Å². The number of nitrogens with one attached hydrogen (secondary N) is 1. The van der Waals surface area contributed by atoms with Gasteiger partial charge in [-0.3, -0.25) is 14.6 Å². The Morgan fingerprint density at radius 2 is 2.00 bits per heavy atom. The van der Waals surface area contributed by atoms with Gasteiger partial charge in [0.1, 0.15) is 11.5 Å². The number of carbonyl (C=O) groups excluding carboxylic acids is 2. The van der Waals surface area contributed by atoms with Crippen molar-refractivity contribution >= 4 is 40.0 Å². The number of methoxy groups -OCH3 is 1. The van der Waals surface area contributed by atoms with Crippen LogP contribution >= 0.6 is 11.6 Å². The Hall–Kier alpha value is -4.10. The van der Waals surface area contributed by atoms with Crippen LogP contribution in [-0.4, -0.2) is 38.8 Å². The lowest BCUT2D eigenvalue weighted by Gasteiger charge is -2.25. The highest BCUT2D eigenvalue weighted by Crippen LogP contribution is 2.43. The maximum Gasteiger partial charge on any atom is 0.295 e. The Balaban J connectivity index is 1.71. The molecule has 4 aromatic rings. The quantitative estimate of drug-likeness (QED) is 0.245. The SMILES string of the molecule is COc1cc(/C(O)=C2\C(=O)C(=O)N(Cc3cccnc3)C2c2c[nH]c3ccccc23)ccc1Cl. The van der Waals surface area contributed by atoms with E-state index in [1.807, 2.05) is 30.3 Å². The summed E-state index contributed by atoms with van der Waals surface area (Å²) in [4.78, 5) is 35.3. The molecule has 0 aliphatic carbocycles. The zero-order valence-electron chi connectivity index (χ0n) is 18.2. The molecule has 1 aliphatic heterocycles. The minimum absolute atomic E-state index is 0.00280. The molecule has 1 saturated heterocycles. The third-order valence-corrected chi connectivity index (χ3v) is 6.27. The van der Waals surface area contributed by atoms with Crippen molar-refractivity contribution in [2.75, 3.05) is 7.11 Å². The first-order valence-corrected chi connectivity index (χ1v) is 10.9. The number of carbonyl (C=O) groups is 2. The number of Topliss-reactive ketones (excluding diaryl/α,β-unsaturated/α-hetero) is 1. The van der Waals surface area contributed by atoms with Gasteiger partial charge in [-0.2, -0.15) is 0 Å². The molecule has 0 spiro atoms. The molecule has 0 radical (unpaired) electrons. The van der Waals surface area contributed by atoms with Crippen molar-refractivity contribution in [3.63, 3.8) is 0 Å². The van der Waals surface area contributed by atoms with Gasteiger partial charge in [-0.1, -0.05) is 35.9 Å². The van der Waals surface area contributed by atoms with Crippen molar-refractivity contribution in [2.45, 2.75) is 12.6 Å². The van der Waals surface area contributed by atoms with Crippen molar-refractivity contribution in [3.8, 4) is 5.75 Å². The number of aromatic nitrogens is 2. The average molecular weight is 474 g/mol. The number of halogens is 1. The summed E-state index contributed by atoms with van der Waals surface area (Å²) >= 11 is 6.14. The summed E-state index contributed by atoms with van der Waals surface area (Å²) in [6, 6.07) is 15.1. The number of H-pyrrole nitrogens is 1. The number of rotatable bonds is 5. The molecule has 1 atom stereocenters. The van der Waals surface area contributed by atoms with E-state index in [0.717, 1.165) is 16.5 Å². The molecule has 170 valence electrons. The highest BCUT2D eigenvalue weighted by molar-refractivity contribution is 6.46. The molecule has 34 heavy (non-hydrogen) atoms. The van der Waals surface area contributed by atoms with Gasteiger partial charge in [0, 0.05) is 47.2 Å². The number of pyridine rings is 1. The molecule has 0 saturated carbocycles. The fourth-order valence-electron chi connectivity index (χ4n) is 4.34. The molecule has 1 amide bonds. The summed E-state index contributed by atoms with van der Waals surface area (Å²) < 4.78 is 5.26. The monoisotopic (exact) mass is 473 g/mol. The predicted octanol–water partition coefficient (Wildman–Crippen LogP) is 4.85. The number of aliphatic hydroxyl groups is 1. The maximum atomic E-state index is 13.3. The van der Waals surface area contributed by atoms with Gasteiger partial charge in [-0.25, -0.2) is 0 Å². The molecule has 1 aliphatic rings. The van der Waals surface area contributed by atoms with Crippen LogP contribution in [0.1, 0.15) is 22.7 Å². The summed E-state index contributed by atoms with van der Waals surface area (Å²) in [6.45, 7) is 0.156. The van der Waals surface area contributed by atoms with Gasteiger partial charge in [0.05, 0.1) is 23.7 Å². The van der Waals surface area contributed by atoms with E-state index in [9.17, 15) is 14.7 Å². The van der Waals surface area contributed by atoms with Gasteiger partial charge in [-0.05, 0) is 35.9 Å². The van der Waals surface area contributed by atoms with Crippen LogP contribution in [0.15, 0.2) is 78.8 Å². The predicted molar refractivity (Wildman–Crippen MR) is 128 cm³/mol. The molecule has 2 aromatic heterocycles. The Morgan fingerprint density at radius 3 is 2.76 bits per heavy atom. The molecule has 2 N–H and O–H groups in total. The van der Waals surface area contributed by atoms with E-state index in [1.54, 1.807) is 42.9 Å². The van der Waals surface area contributed by atoms with Crippen molar-refractivity contribution in [2.24, 2.45) is 0 Å². The number of aromatic amines is 1. The molecule has 8 heteroatoms. The van der Waals surface area contributed by atoms with E-state index in [2.05, 4.69) is 9.97 Å². The largest absolute Gasteiger partial charge is 0.507 e. The number of para-hydroxylation sites is 1. The summed E-state index contributed by atoms with van der Waals surface area (Å²) in [5, 5.41) is 12.5.